The van der Waals surface area contributed by atoms with Crippen LogP contribution in [0.3, 0.4) is 0 Å². The molecular formula is C18H27N3O3. The summed E-state index contributed by atoms with van der Waals surface area (Å²) in [6.45, 7) is 8.96. The van der Waals surface area contributed by atoms with Crippen LogP contribution in [0, 0.1) is 6.92 Å². The second kappa shape index (κ2) is 5.92. The van der Waals surface area contributed by atoms with Crippen LogP contribution in [0.25, 0.3) is 5.57 Å². The number of methoxy groups -OCH3 is 1. The third-order valence-corrected chi connectivity index (χ3v) is 4.56. The van der Waals surface area contributed by atoms with E-state index in [2.05, 4.69) is 18.1 Å². The monoisotopic (exact) mass is 333 g/mol. The van der Waals surface area contributed by atoms with E-state index in [1.807, 2.05) is 31.6 Å². The van der Waals surface area contributed by atoms with E-state index in [4.69, 9.17) is 9.47 Å². The fraction of sp³-hybridized carbons (Fsp3) is 0.667. The lowest BCUT2D eigenvalue weighted by Gasteiger charge is -2.30. The molecule has 6 nitrogen and oxygen atoms in total. The number of rotatable bonds is 3. The summed E-state index contributed by atoms with van der Waals surface area (Å²) in [6.07, 6.45) is 6.54. The molecule has 2 aliphatic rings. The van der Waals surface area contributed by atoms with Gasteiger partial charge in [-0.1, -0.05) is 6.08 Å². The Morgan fingerprint density at radius 2 is 2.04 bits per heavy atom. The first-order valence-corrected chi connectivity index (χ1v) is 8.53. The highest BCUT2D eigenvalue weighted by Gasteiger charge is 2.47. The van der Waals surface area contributed by atoms with Crippen LogP contribution in [0.5, 0.6) is 0 Å². The van der Waals surface area contributed by atoms with E-state index in [0.29, 0.717) is 13.1 Å². The van der Waals surface area contributed by atoms with Crippen molar-refractivity contribution in [2.75, 3.05) is 20.2 Å². The molecule has 0 atom stereocenters. The quantitative estimate of drug-likeness (QED) is 0.851. The first-order valence-electron chi connectivity index (χ1n) is 8.53. The first kappa shape index (κ1) is 17.0. The lowest BCUT2D eigenvalue weighted by molar-refractivity contribution is 0.00504. The van der Waals surface area contributed by atoms with Crippen molar-refractivity contribution in [3.8, 4) is 0 Å². The summed E-state index contributed by atoms with van der Waals surface area (Å²) in [5.74, 6) is 0. The maximum atomic E-state index is 12.2. The smallest absolute Gasteiger partial charge is 0.410 e. The van der Waals surface area contributed by atoms with Gasteiger partial charge in [-0.2, -0.15) is 5.10 Å². The third kappa shape index (κ3) is 3.20. The summed E-state index contributed by atoms with van der Waals surface area (Å²) in [6, 6.07) is 0. The molecule has 0 unspecified atom stereocenters. The molecule has 0 radical (unpaired) electrons. The summed E-state index contributed by atoms with van der Waals surface area (Å²) >= 11 is 0. The Balaban J connectivity index is 1.77. The molecule has 0 saturated heterocycles. The number of hydrogen-bond donors (Lipinski definition) is 0. The average Bonchev–Trinajstić information content (AvgIpc) is 3.22. The molecule has 1 fully saturated rings. The van der Waals surface area contributed by atoms with Gasteiger partial charge in [0.15, 0.2) is 5.72 Å². The molecule has 0 N–H and O–H groups in total. The Bertz CT molecular complexity index is 666. The molecule has 1 aliphatic heterocycles. The van der Waals surface area contributed by atoms with Crippen LogP contribution < -0.4 is 0 Å². The van der Waals surface area contributed by atoms with Crippen LogP contribution in [0.15, 0.2) is 12.3 Å². The molecule has 2 heterocycles. The maximum Gasteiger partial charge on any atom is 0.410 e. The highest BCUT2D eigenvalue weighted by Crippen LogP contribution is 2.46. The molecular weight excluding hydrogens is 306 g/mol. The average molecular weight is 333 g/mol. The highest BCUT2D eigenvalue weighted by molar-refractivity contribution is 5.72. The largest absolute Gasteiger partial charge is 0.444 e. The molecule has 0 bridgehead atoms. The van der Waals surface area contributed by atoms with Crippen molar-refractivity contribution in [3.63, 3.8) is 0 Å². The van der Waals surface area contributed by atoms with Crippen LogP contribution >= 0.6 is 0 Å². The Kier molecular flexibility index (Phi) is 4.20. The molecule has 6 heteroatoms. The Labute approximate surface area is 143 Å². The normalized spacial score (nSPS) is 19.9. The van der Waals surface area contributed by atoms with Crippen molar-refractivity contribution >= 4 is 11.7 Å². The van der Waals surface area contributed by atoms with Gasteiger partial charge in [0.2, 0.25) is 0 Å². The third-order valence-electron chi connectivity index (χ3n) is 4.56. The van der Waals surface area contributed by atoms with Crippen LogP contribution in [0.1, 0.15) is 51.3 Å². The molecule has 1 saturated carbocycles. The molecule has 1 amide bonds. The molecule has 1 aliphatic carbocycles. The summed E-state index contributed by atoms with van der Waals surface area (Å²) < 4.78 is 13.2. The summed E-state index contributed by atoms with van der Waals surface area (Å²) in [4.78, 5) is 13.9. The van der Waals surface area contributed by atoms with E-state index in [-0.39, 0.29) is 11.8 Å². The van der Waals surface area contributed by atoms with Crippen molar-refractivity contribution in [2.24, 2.45) is 0 Å². The minimum absolute atomic E-state index is 0.251. The number of carbonyl (C=O) groups is 1. The van der Waals surface area contributed by atoms with Gasteiger partial charge in [0.1, 0.15) is 5.60 Å². The minimum Gasteiger partial charge on any atom is -0.444 e. The van der Waals surface area contributed by atoms with Gasteiger partial charge >= 0.3 is 6.09 Å². The molecule has 1 aromatic heterocycles. The maximum absolute atomic E-state index is 12.2. The Morgan fingerprint density at radius 1 is 1.33 bits per heavy atom. The Morgan fingerprint density at radius 3 is 2.54 bits per heavy atom. The van der Waals surface area contributed by atoms with Crippen molar-refractivity contribution < 1.29 is 14.3 Å². The highest BCUT2D eigenvalue weighted by atomic mass is 16.6. The van der Waals surface area contributed by atoms with Crippen molar-refractivity contribution in [1.29, 1.82) is 0 Å². The minimum atomic E-state index is -0.465. The number of carbonyl (C=O) groups excluding carboxylic acids is 1. The van der Waals surface area contributed by atoms with Crippen molar-refractivity contribution in [2.45, 2.75) is 58.3 Å². The molecule has 1 aromatic rings. The lowest BCUT2D eigenvalue weighted by Crippen LogP contribution is -2.39. The summed E-state index contributed by atoms with van der Waals surface area (Å²) in [5.41, 5.74) is 2.78. The number of aryl methyl sites for hydroxylation is 1. The molecule has 132 valence electrons. The molecule has 0 spiro atoms. The molecule has 3 rings (SSSR count). The SMILES string of the molecule is COC1(n2ncc(C)c2C2=CCN(C(=O)OC(C)(C)C)CC2)CC1. The number of ether oxygens (including phenoxy) is 2. The fourth-order valence-corrected chi connectivity index (χ4v) is 3.11. The zero-order chi connectivity index (χ0) is 17.5. The lowest BCUT2D eigenvalue weighted by atomic mass is 10.0. The van der Waals surface area contributed by atoms with Gasteiger partial charge in [0.25, 0.3) is 0 Å². The van der Waals surface area contributed by atoms with Gasteiger partial charge in [-0.25, -0.2) is 9.48 Å². The van der Waals surface area contributed by atoms with Crippen LogP contribution in [0.2, 0.25) is 0 Å². The van der Waals surface area contributed by atoms with Crippen molar-refractivity contribution in [3.05, 3.63) is 23.5 Å². The van der Waals surface area contributed by atoms with Gasteiger partial charge < -0.3 is 14.4 Å². The van der Waals surface area contributed by atoms with Gasteiger partial charge in [0, 0.05) is 33.0 Å². The predicted octanol–water partition coefficient (Wildman–Crippen LogP) is 3.31. The van der Waals surface area contributed by atoms with E-state index < -0.39 is 5.60 Å². The molecule has 0 aromatic carbocycles. The van der Waals surface area contributed by atoms with E-state index >= 15 is 0 Å². The van der Waals surface area contributed by atoms with Gasteiger partial charge in [-0.15, -0.1) is 0 Å². The van der Waals surface area contributed by atoms with E-state index in [9.17, 15) is 4.79 Å². The second-order valence-corrected chi connectivity index (χ2v) is 7.64. The second-order valence-electron chi connectivity index (χ2n) is 7.64. The van der Waals surface area contributed by atoms with E-state index in [1.54, 1.807) is 12.0 Å². The van der Waals surface area contributed by atoms with Crippen LogP contribution in [-0.2, 0) is 15.2 Å². The zero-order valence-corrected chi connectivity index (χ0v) is 15.3. The van der Waals surface area contributed by atoms with Gasteiger partial charge in [-0.05, 0) is 45.3 Å². The van der Waals surface area contributed by atoms with Crippen molar-refractivity contribution in [1.82, 2.24) is 14.7 Å². The summed E-state index contributed by atoms with van der Waals surface area (Å²) in [5, 5.41) is 4.54. The van der Waals surface area contributed by atoms with E-state index in [1.165, 1.54) is 5.57 Å². The standard InChI is InChI=1S/C18H27N3O3/c1-13-12-19-21(18(23-5)8-9-18)15(13)14-6-10-20(11-7-14)16(22)24-17(2,3)4/h6,12H,7-11H2,1-5H3. The van der Waals surface area contributed by atoms with Gasteiger partial charge in [0.05, 0.1) is 11.9 Å². The fourth-order valence-electron chi connectivity index (χ4n) is 3.11. The predicted molar refractivity (Wildman–Crippen MR) is 91.6 cm³/mol. The summed E-state index contributed by atoms with van der Waals surface area (Å²) in [7, 11) is 1.74. The van der Waals surface area contributed by atoms with E-state index in [0.717, 1.165) is 30.5 Å². The number of nitrogens with zero attached hydrogens (tertiary/aromatic N) is 3. The van der Waals surface area contributed by atoms with Crippen LogP contribution in [0.4, 0.5) is 4.79 Å². The molecule has 24 heavy (non-hydrogen) atoms. The Hall–Kier alpha value is -1.82. The van der Waals surface area contributed by atoms with Gasteiger partial charge in [-0.3, -0.25) is 0 Å². The number of aromatic nitrogens is 2. The topological polar surface area (TPSA) is 56.6 Å². The number of hydrogen-bond acceptors (Lipinski definition) is 4. The number of amides is 1. The first-order chi connectivity index (χ1) is 11.3. The van der Waals surface area contributed by atoms with Crippen LogP contribution in [-0.4, -0.2) is 46.6 Å². The zero-order valence-electron chi connectivity index (χ0n) is 15.3.